The molecule has 2 atom stereocenters. The number of imidazole rings is 1. The summed E-state index contributed by atoms with van der Waals surface area (Å²) in [4.78, 5) is 20.9. The Morgan fingerprint density at radius 3 is 3.12 bits per heavy atom. The summed E-state index contributed by atoms with van der Waals surface area (Å²) in [5, 5.41) is 3.04. The van der Waals surface area contributed by atoms with Gasteiger partial charge in [-0.15, -0.1) is 0 Å². The number of rotatable bonds is 7. The van der Waals surface area contributed by atoms with Gasteiger partial charge in [-0.25, -0.2) is 4.98 Å². The summed E-state index contributed by atoms with van der Waals surface area (Å²) in [6.45, 7) is 3.81. The molecule has 0 aliphatic carbocycles. The average Bonchev–Trinajstić information content (AvgIpc) is 3.09. The number of nitrogens with one attached hydrogen (secondary N) is 1. The molecule has 0 spiro atoms. The van der Waals surface area contributed by atoms with Crippen molar-refractivity contribution in [1.29, 1.82) is 0 Å². The SMILES string of the molecule is CCc1nccn1CC(=O)N[C@@H]1COCC[C@H]1OCc1ccccn1. The third kappa shape index (κ3) is 4.87. The molecule has 1 aliphatic heterocycles. The molecule has 1 N–H and O–H groups in total. The topological polar surface area (TPSA) is 78.3 Å². The van der Waals surface area contributed by atoms with Crippen molar-refractivity contribution in [3.05, 3.63) is 48.3 Å². The Bertz CT molecular complexity index is 674. The minimum atomic E-state index is -0.154. The maximum Gasteiger partial charge on any atom is 0.240 e. The summed E-state index contributed by atoms with van der Waals surface area (Å²) in [5.41, 5.74) is 0.880. The Morgan fingerprint density at radius 2 is 2.32 bits per heavy atom. The van der Waals surface area contributed by atoms with Crippen molar-refractivity contribution in [2.45, 2.75) is 45.1 Å². The van der Waals surface area contributed by atoms with Crippen molar-refractivity contribution in [3.8, 4) is 0 Å². The fourth-order valence-corrected chi connectivity index (χ4v) is 2.93. The molecule has 0 unspecified atom stereocenters. The second-order valence-electron chi connectivity index (χ2n) is 6.03. The van der Waals surface area contributed by atoms with Crippen LogP contribution in [0.25, 0.3) is 0 Å². The number of ether oxygens (including phenoxy) is 2. The Labute approximate surface area is 147 Å². The zero-order valence-electron chi connectivity index (χ0n) is 14.4. The summed E-state index contributed by atoms with van der Waals surface area (Å²) in [6, 6.07) is 5.59. The third-order valence-electron chi connectivity index (χ3n) is 4.24. The van der Waals surface area contributed by atoms with Gasteiger partial charge in [-0.2, -0.15) is 0 Å². The lowest BCUT2D eigenvalue weighted by Crippen LogP contribution is -2.51. The van der Waals surface area contributed by atoms with E-state index in [1.54, 1.807) is 12.4 Å². The van der Waals surface area contributed by atoms with Crippen LogP contribution >= 0.6 is 0 Å². The van der Waals surface area contributed by atoms with Crippen molar-refractivity contribution >= 4 is 5.91 Å². The highest BCUT2D eigenvalue weighted by Gasteiger charge is 2.28. The maximum atomic E-state index is 12.4. The van der Waals surface area contributed by atoms with Crippen LogP contribution in [0, 0.1) is 0 Å². The molecule has 1 saturated heterocycles. The second kappa shape index (κ2) is 8.73. The van der Waals surface area contributed by atoms with Gasteiger partial charge >= 0.3 is 0 Å². The number of pyridine rings is 1. The van der Waals surface area contributed by atoms with Gasteiger partial charge in [0.05, 0.1) is 31.1 Å². The molecule has 2 aromatic rings. The number of amides is 1. The predicted octanol–water partition coefficient (Wildman–Crippen LogP) is 1.33. The molecule has 2 aromatic heterocycles. The van der Waals surface area contributed by atoms with E-state index in [0.717, 1.165) is 24.4 Å². The zero-order chi connectivity index (χ0) is 17.5. The van der Waals surface area contributed by atoms with Crippen LogP contribution in [0.4, 0.5) is 0 Å². The molecular formula is C18H24N4O3. The molecule has 25 heavy (non-hydrogen) atoms. The van der Waals surface area contributed by atoms with E-state index in [2.05, 4.69) is 15.3 Å². The van der Waals surface area contributed by atoms with Crippen molar-refractivity contribution in [1.82, 2.24) is 19.9 Å². The van der Waals surface area contributed by atoms with Crippen LogP contribution in [0.15, 0.2) is 36.8 Å². The van der Waals surface area contributed by atoms with Gasteiger partial charge in [0, 0.05) is 31.6 Å². The van der Waals surface area contributed by atoms with Crippen molar-refractivity contribution in [2.75, 3.05) is 13.2 Å². The van der Waals surface area contributed by atoms with E-state index in [9.17, 15) is 4.79 Å². The number of hydrogen-bond acceptors (Lipinski definition) is 5. The molecule has 0 saturated carbocycles. The lowest BCUT2D eigenvalue weighted by atomic mass is 10.1. The molecule has 3 heterocycles. The Morgan fingerprint density at radius 1 is 1.40 bits per heavy atom. The number of aryl methyl sites for hydroxylation is 1. The van der Waals surface area contributed by atoms with E-state index in [4.69, 9.17) is 9.47 Å². The number of aromatic nitrogens is 3. The summed E-state index contributed by atoms with van der Waals surface area (Å²) >= 11 is 0. The van der Waals surface area contributed by atoms with Crippen molar-refractivity contribution < 1.29 is 14.3 Å². The van der Waals surface area contributed by atoms with Gasteiger partial charge in [-0.1, -0.05) is 13.0 Å². The maximum absolute atomic E-state index is 12.4. The van der Waals surface area contributed by atoms with Gasteiger partial charge in [-0.3, -0.25) is 9.78 Å². The first-order chi connectivity index (χ1) is 12.3. The first-order valence-corrected chi connectivity index (χ1v) is 8.65. The first kappa shape index (κ1) is 17.6. The van der Waals surface area contributed by atoms with E-state index in [1.165, 1.54) is 0 Å². The number of nitrogens with zero attached hydrogens (tertiary/aromatic N) is 3. The molecule has 0 aromatic carbocycles. The quantitative estimate of drug-likeness (QED) is 0.820. The summed E-state index contributed by atoms with van der Waals surface area (Å²) < 4.78 is 13.4. The van der Waals surface area contributed by atoms with Gasteiger partial charge in [0.1, 0.15) is 12.4 Å². The van der Waals surface area contributed by atoms with E-state index < -0.39 is 0 Å². The van der Waals surface area contributed by atoms with Crippen LogP contribution in [0.5, 0.6) is 0 Å². The lowest BCUT2D eigenvalue weighted by Gasteiger charge is -2.32. The first-order valence-electron chi connectivity index (χ1n) is 8.65. The van der Waals surface area contributed by atoms with Crippen molar-refractivity contribution in [2.24, 2.45) is 0 Å². The van der Waals surface area contributed by atoms with Crippen LogP contribution in [-0.4, -0.2) is 45.8 Å². The Kier molecular flexibility index (Phi) is 6.14. The molecule has 7 heteroatoms. The van der Waals surface area contributed by atoms with Crippen LogP contribution in [0.2, 0.25) is 0 Å². The van der Waals surface area contributed by atoms with Gasteiger partial charge in [0.2, 0.25) is 5.91 Å². The summed E-state index contributed by atoms with van der Waals surface area (Å²) in [7, 11) is 0. The summed E-state index contributed by atoms with van der Waals surface area (Å²) in [5.74, 6) is 0.840. The highest BCUT2D eigenvalue weighted by atomic mass is 16.5. The fraction of sp³-hybridized carbons (Fsp3) is 0.500. The lowest BCUT2D eigenvalue weighted by molar-refractivity contribution is -0.127. The molecule has 0 radical (unpaired) electrons. The zero-order valence-corrected chi connectivity index (χ0v) is 14.4. The summed E-state index contributed by atoms with van der Waals surface area (Å²) in [6.07, 6.45) is 6.76. The smallest absolute Gasteiger partial charge is 0.240 e. The van der Waals surface area contributed by atoms with Gasteiger partial charge in [0.25, 0.3) is 0 Å². The molecule has 7 nitrogen and oxygen atoms in total. The van der Waals surface area contributed by atoms with E-state index in [-0.39, 0.29) is 24.6 Å². The fourth-order valence-electron chi connectivity index (χ4n) is 2.93. The van der Waals surface area contributed by atoms with Gasteiger partial charge in [-0.05, 0) is 18.6 Å². The number of hydrogen-bond donors (Lipinski definition) is 1. The average molecular weight is 344 g/mol. The molecular weight excluding hydrogens is 320 g/mol. The Hall–Kier alpha value is -2.25. The van der Waals surface area contributed by atoms with Crippen LogP contribution in [0.1, 0.15) is 24.9 Å². The monoisotopic (exact) mass is 344 g/mol. The standard InChI is InChI=1S/C18H24N4O3/c1-2-17-20-8-9-22(17)11-18(23)21-15-13-24-10-6-16(15)25-12-14-5-3-4-7-19-14/h3-5,7-9,15-16H,2,6,10-13H2,1H3,(H,21,23)/t15-,16-/m1/s1. The largest absolute Gasteiger partial charge is 0.379 e. The van der Waals surface area contributed by atoms with Crippen LogP contribution in [0.3, 0.4) is 0 Å². The molecule has 0 bridgehead atoms. The molecule has 1 fully saturated rings. The molecule has 3 rings (SSSR count). The predicted molar refractivity (Wildman–Crippen MR) is 91.8 cm³/mol. The van der Waals surface area contributed by atoms with E-state index in [1.807, 2.05) is 35.9 Å². The third-order valence-corrected chi connectivity index (χ3v) is 4.24. The minimum Gasteiger partial charge on any atom is -0.379 e. The second-order valence-corrected chi connectivity index (χ2v) is 6.03. The van der Waals surface area contributed by atoms with E-state index >= 15 is 0 Å². The molecule has 1 amide bonds. The number of carbonyl (C=O) groups is 1. The number of carbonyl (C=O) groups excluding carboxylic acids is 1. The normalized spacial score (nSPS) is 20.4. The Balaban J connectivity index is 1.54. The van der Waals surface area contributed by atoms with Crippen LogP contribution in [-0.2, 0) is 33.8 Å². The minimum absolute atomic E-state index is 0.0605. The highest BCUT2D eigenvalue weighted by molar-refractivity contribution is 5.76. The van der Waals surface area contributed by atoms with E-state index in [0.29, 0.717) is 19.8 Å². The van der Waals surface area contributed by atoms with Gasteiger partial charge in [0.15, 0.2) is 0 Å². The van der Waals surface area contributed by atoms with Gasteiger partial charge < -0.3 is 19.4 Å². The molecule has 1 aliphatic rings. The molecule has 134 valence electrons. The van der Waals surface area contributed by atoms with Crippen LogP contribution < -0.4 is 5.32 Å². The highest BCUT2D eigenvalue weighted by Crippen LogP contribution is 2.14. The van der Waals surface area contributed by atoms with Crippen molar-refractivity contribution in [3.63, 3.8) is 0 Å².